The van der Waals surface area contributed by atoms with Crippen LogP contribution >= 0.6 is 27.3 Å². The number of hydrogen-bond acceptors (Lipinski definition) is 3. The third-order valence-electron chi connectivity index (χ3n) is 3.20. The second-order valence-electron chi connectivity index (χ2n) is 4.71. The second kappa shape index (κ2) is 6.90. The third kappa shape index (κ3) is 3.46. The average molecular weight is 373 g/mol. The van der Waals surface area contributed by atoms with Crippen LogP contribution in [0.4, 0.5) is 0 Å². The predicted octanol–water partition coefficient (Wildman–Crippen LogP) is 5.46. The van der Waals surface area contributed by atoms with Crippen molar-refractivity contribution < 1.29 is 9.53 Å². The van der Waals surface area contributed by atoms with E-state index in [1.165, 1.54) is 11.3 Å². The Morgan fingerprint density at radius 2 is 1.41 bits per heavy atom. The Morgan fingerprint density at radius 3 is 1.86 bits per heavy atom. The zero-order valence-electron chi connectivity index (χ0n) is 11.6. The summed E-state index contributed by atoms with van der Waals surface area (Å²) >= 11 is 4.74. The monoisotopic (exact) mass is 372 g/mol. The van der Waals surface area contributed by atoms with Crippen molar-refractivity contribution in [2.45, 2.75) is 6.10 Å². The summed E-state index contributed by atoms with van der Waals surface area (Å²) in [6.07, 6.45) is -0.407. The molecule has 0 fully saturated rings. The molecule has 110 valence electrons. The number of carbonyl (C=O) groups is 1. The van der Waals surface area contributed by atoms with Crippen molar-refractivity contribution in [1.29, 1.82) is 0 Å². The molecular weight excluding hydrogens is 360 g/mol. The molecule has 0 aliphatic heterocycles. The van der Waals surface area contributed by atoms with E-state index in [1.807, 2.05) is 66.7 Å². The van der Waals surface area contributed by atoms with Crippen LogP contribution < -0.4 is 0 Å². The normalized spacial score (nSPS) is 10.6. The molecule has 0 atom stereocenters. The van der Waals surface area contributed by atoms with Gasteiger partial charge in [-0.15, -0.1) is 11.3 Å². The lowest BCUT2D eigenvalue weighted by molar-refractivity contribution is 0.0384. The molecule has 0 aliphatic rings. The summed E-state index contributed by atoms with van der Waals surface area (Å²) in [5, 5.41) is 0. The average Bonchev–Trinajstić information content (AvgIpc) is 3.01. The molecule has 0 bridgehead atoms. The summed E-state index contributed by atoms with van der Waals surface area (Å²) in [5.41, 5.74) is 1.91. The maximum absolute atomic E-state index is 12.4. The van der Waals surface area contributed by atoms with Gasteiger partial charge in [0.15, 0.2) is 6.10 Å². The van der Waals surface area contributed by atoms with Gasteiger partial charge in [-0.05, 0) is 39.2 Å². The van der Waals surface area contributed by atoms with Gasteiger partial charge >= 0.3 is 5.97 Å². The predicted molar refractivity (Wildman–Crippen MR) is 92.2 cm³/mol. The molecule has 0 N–H and O–H groups in total. The van der Waals surface area contributed by atoms with Crippen LogP contribution in [0.3, 0.4) is 0 Å². The topological polar surface area (TPSA) is 26.3 Å². The quantitative estimate of drug-likeness (QED) is 0.568. The van der Waals surface area contributed by atoms with Crippen molar-refractivity contribution in [3.8, 4) is 0 Å². The molecule has 0 aliphatic carbocycles. The largest absolute Gasteiger partial charge is 0.448 e. The van der Waals surface area contributed by atoms with Gasteiger partial charge < -0.3 is 4.74 Å². The SMILES string of the molecule is O=C(OC(c1ccccc1)c1ccccc1)c1ccc(Br)s1. The van der Waals surface area contributed by atoms with E-state index >= 15 is 0 Å². The van der Waals surface area contributed by atoms with E-state index in [0.29, 0.717) is 4.88 Å². The van der Waals surface area contributed by atoms with Gasteiger partial charge in [-0.2, -0.15) is 0 Å². The van der Waals surface area contributed by atoms with Crippen LogP contribution in [-0.4, -0.2) is 5.97 Å². The smallest absolute Gasteiger partial charge is 0.349 e. The van der Waals surface area contributed by atoms with Crippen LogP contribution in [0.5, 0.6) is 0 Å². The van der Waals surface area contributed by atoms with E-state index in [4.69, 9.17) is 4.74 Å². The van der Waals surface area contributed by atoms with Crippen LogP contribution in [0.25, 0.3) is 0 Å². The fourth-order valence-electron chi connectivity index (χ4n) is 2.17. The highest BCUT2D eigenvalue weighted by atomic mass is 79.9. The first-order valence-electron chi connectivity index (χ1n) is 6.80. The van der Waals surface area contributed by atoms with Crippen LogP contribution in [-0.2, 0) is 4.74 Å². The number of halogens is 1. The van der Waals surface area contributed by atoms with Gasteiger partial charge in [-0.1, -0.05) is 60.7 Å². The van der Waals surface area contributed by atoms with Crippen molar-refractivity contribution in [2.24, 2.45) is 0 Å². The molecule has 4 heteroatoms. The Labute approximate surface area is 141 Å². The van der Waals surface area contributed by atoms with Gasteiger partial charge in [-0.25, -0.2) is 4.79 Å². The lowest BCUT2D eigenvalue weighted by Gasteiger charge is -2.18. The van der Waals surface area contributed by atoms with Crippen molar-refractivity contribution in [2.75, 3.05) is 0 Å². The van der Waals surface area contributed by atoms with Crippen molar-refractivity contribution in [3.05, 3.63) is 92.6 Å². The molecule has 2 nitrogen and oxygen atoms in total. The maximum Gasteiger partial charge on any atom is 0.349 e. The lowest BCUT2D eigenvalue weighted by atomic mass is 10.0. The van der Waals surface area contributed by atoms with Gasteiger partial charge in [0.25, 0.3) is 0 Å². The van der Waals surface area contributed by atoms with Gasteiger partial charge in [0, 0.05) is 0 Å². The Hall–Kier alpha value is -1.91. The molecule has 0 saturated heterocycles. The van der Waals surface area contributed by atoms with Crippen LogP contribution in [0.1, 0.15) is 26.9 Å². The van der Waals surface area contributed by atoms with E-state index in [0.717, 1.165) is 14.9 Å². The summed E-state index contributed by atoms with van der Waals surface area (Å²) in [5.74, 6) is -0.312. The number of carbonyl (C=O) groups excluding carboxylic acids is 1. The first kappa shape index (κ1) is 15.0. The summed E-state index contributed by atoms with van der Waals surface area (Å²) < 4.78 is 6.69. The number of hydrogen-bond donors (Lipinski definition) is 0. The molecule has 0 radical (unpaired) electrons. The molecule has 2 aromatic carbocycles. The second-order valence-corrected chi connectivity index (χ2v) is 7.17. The summed E-state index contributed by atoms with van der Waals surface area (Å²) in [6, 6.07) is 23.2. The van der Waals surface area contributed by atoms with Crippen LogP contribution in [0.15, 0.2) is 76.6 Å². The molecule has 0 spiro atoms. The highest BCUT2D eigenvalue weighted by molar-refractivity contribution is 9.11. The van der Waals surface area contributed by atoms with E-state index in [-0.39, 0.29) is 5.97 Å². The molecular formula is C18H13BrO2S. The van der Waals surface area contributed by atoms with Crippen LogP contribution in [0, 0.1) is 0 Å². The summed E-state index contributed by atoms with van der Waals surface area (Å²) in [7, 11) is 0. The summed E-state index contributed by atoms with van der Waals surface area (Å²) in [6.45, 7) is 0. The minimum atomic E-state index is -0.407. The zero-order valence-corrected chi connectivity index (χ0v) is 14.0. The minimum Gasteiger partial charge on any atom is -0.448 e. The van der Waals surface area contributed by atoms with Crippen molar-refractivity contribution in [1.82, 2.24) is 0 Å². The molecule has 1 heterocycles. The Kier molecular flexibility index (Phi) is 4.71. The fourth-order valence-corrected chi connectivity index (χ4v) is 3.44. The van der Waals surface area contributed by atoms with Crippen molar-refractivity contribution in [3.63, 3.8) is 0 Å². The number of esters is 1. The van der Waals surface area contributed by atoms with Gasteiger partial charge in [0.05, 0.1) is 3.79 Å². The van der Waals surface area contributed by atoms with E-state index < -0.39 is 6.10 Å². The van der Waals surface area contributed by atoms with Gasteiger partial charge in [-0.3, -0.25) is 0 Å². The third-order valence-corrected chi connectivity index (χ3v) is 4.81. The molecule has 0 saturated carbocycles. The van der Waals surface area contributed by atoms with E-state index in [9.17, 15) is 4.79 Å². The van der Waals surface area contributed by atoms with E-state index in [2.05, 4.69) is 15.9 Å². The minimum absolute atomic E-state index is 0.312. The molecule has 0 amide bonds. The Bertz CT molecular complexity index is 714. The van der Waals surface area contributed by atoms with E-state index in [1.54, 1.807) is 6.07 Å². The molecule has 1 aromatic heterocycles. The first-order valence-corrected chi connectivity index (χ1v) is 8.41. The number of ether oxygens (including phenoxy) is 1. The van der Waals surface area contributed by atoms with Gasteiger partial charge in [0.1, 0.15) is 4.88 Å². The molecule has 3 aromatic rings. The van der Waals surface area contributed by atoms with Crippen LogP contribution in [0.2, 0.25) is 0 Å². The molecule has 22 heavy (non-hydrogen) atoms. The number of thiophene rings is 1. The van der Waals surface area contributed by atoms with Crippen molar-refractivity contribution >= 4 is 33.2 Å². The number of benzene rings is 2. The highest BCUT2D eigenvalue weighted by Gasteiger charge is 2.20. The molecule has 0 unspecified atom stereocenters. The van der Waals surface area contributed by atoms with Gasteiger partial charge in [0.2, 0.25) is 0 Å². The Balaban J connectivity index is 1.91. The highest BCUT2D eigenvalue weighted by Crippen LogP contribution is 2.29. The molecule has 3 rings (SSSR count). The maximum atomic E-state index is 12.4. The summed E-state index contributed by atoms with van der Waals surface area (Å²) in [4.78, 5) is 13.0. The standard InChI is InChI=1S/C18H13BrO2S/c19-16-12-11-15(22-16)18(20)21-17(13-7-3-1-4-8-13)14-9-5-2-6-10-14/h1-12,17H. The first-order chi connectivity index (χ1) is 10.7. The zero-order chi connectivity index (χ0) is 15.4. The fraction of sp³-hybridized carbons (Fsp3) is 0.0556. The number of rotatable bonds is 4. The lowest BCUT2D eigenvalue weighted by Crippen LogP contribution is -2.12. The Morgan fingerprint density at radius 1 is 0.864 bits per heavy atom.